The molecule has 0 aliphatic carbocycles. The number of amides is 1. The minimum absolute atomic E-state index is 0.0581. The summed E-state index contributed by atoms with van der Waals surface area (Å²) < 4.78 is 58.4. The van der Waals surface area contributed by atoms with E-state index in [1.54, 1.807) is 29.2 Å². The molecular formula is C20H29ClF3N3O5S. The summed E-state index contributed by atoms with van der Waals surface area (Å²) >= 11 is 5.99. The number of benzene rings is 1. The summed E-state index contributed by atoms with van der Waals surface area (Å²) in [7, 11) is -3.37. The maximum Gasteiger partial charge on any atom is 0.490 e. The predicted molar refractivity (Wildman–Crippen MR) is 119 cm³/mol. The number of nitrogens with one attached hydrogen (secondary N) is 1. The van der Waals surface area contributed by atoms with E-state index < -0.39 is 22.2 Å². The third kappa shape index (κ3) is 10.7. The molecule has 0 atom stereocenters. The summed E-state index contributed by atoms with van der Waals surface area (Å²) in [6, 6.07) is 6.78. The van der Waals surface area contributed by atoms with Crippen molar-refractivity contribution < 1.29 is 36.3 Å². The first kappa shape index (κ1) is 29.1. The van der Waals surface area contributed by atoms with Gasteiger partial charge in [-0.05, 0) is 30.5 Å². The Kier molecular flexibility index (Phi) is 11.6. The van der Waals surface area contributed by atoms with E-state index in [-0.39, 0.29) is 18.2 Å². The van der Waals surface area contributed by atoms with Gasteiger partial charge < -0.3 is 15.3 Å². The van der Waals surface area contributed by atoms with Crippen LogP contribution >= 0.6 is 11.6 Å². The number of hydrogen-bond acceptors (Lipinski definition) is 5. The van der Waals surface area contributed by atoms with Crippen LogP contribution in [-0.2, 0) is 14.8 Å². The first-order chi connectivity index (χ1) is 15.2. The number of aliphatic carboxylic acids is 1. The van der Waals surface area contributed by atoms with E-state index in [0.717, 1.165) is 6.42 Å². The zero-order valence-corrected chi connectivity index (χ0v) is 20.0. The fourth-order valence-corrected chi connectivity index (χ4v) is 4.45. The van der Waals surface area contributed by atoms with Gasteiger partial charge in [-0.3, -0.25) is 4.79 Å². The minimum Gasteiger partial charge on any atom is -0.475 e. The number of carboxylic acids is 1. The summed E-state index contributed by atoms with van der Waals surface area (Å²) in [6.07, 6.45) is -4.26. The minimum atomic E-state index is -5.08. The van der Waals surface area contributed by atoms with Crippen molar-refractivity contribution >= 4 is 33.5 Å². The molecule has 0 aromatic heterocycles. The summed E-state index contributed by atoms with van der Waals surface area (Å²) in [5, 5.41) is 10.8. The van der Waals surface area contributed by atoms with Crippen LogP contribution in [0.25, 0.3) is 0 Å². The number of carbonyl (C=O) groups is 2. The van der Waals surface area contributed by atoms with Crippen LogP contribution in [0.15, 0.2) is 24.3 Å². The van der Waals surface area contributed by atoms with Gasteiger partial charge in [0.05, 0.1) is 5.75 Å². The van der Waals surface area contributed by atoms with Gasteiger partial charge in [-0.2, -0.15) is 17.5 Å². The molecule has 13 heteroatoms. The highest BCUT2D eigenvalue weighted by molar-refractivity contribution is 7.89. The van der Waals surface area contributed by atoms with Crippen molar-refractivity contribution in [2.45, 2.75) is 26.4 Å². The number of hydrogen-bond donors (Lipinski definition) is 2. The van der Waals surface area contributed by atoms with Crippen LogP contribution in [0.5, 0.6) is 0 Å². The summed E-state index contributed by atoms with van der Waals surface area (Å²) in [5.41, 5.74) is 0.487. The van der Waals surface area contributed by atoms with E-state index in [1.807, 2.05) is 0 Å². The second kappa shape index (κ2) is 13.1. The van der Waals surface area contributed by atoms with Crippen molar-refractivity contribution in [1.29, 1.82) is 0 Å². The standard InChI is InChI=1S/C18H28ClN3O3S.C2HF3O2/c1-15(2)6-9-21(18(23)16-4-3-5-17(19)14-16)12-13-26(24,25)22-10-7-20-8-11-22;3-2(4,5)1(6)7/h3-5,14-15,20H,6-13H2,1-2H3;(H,6,7). The largest absolute Gasteiger partial charge is 0.490 e. The van der Waals surface area contributed by atoms with Crippen molar-refractivity contribution in [3.63, 3.8) is 0 Å². The SMILES string of the molecule is CC(C)CCN(CCS(=O)(=O)N1CCNCC1)C(=O)c1cccc(Cl)c1.O=C(O)C(F)(F)F. The Morgan fingerprint density at radius 3 is 2.27 bits per heavy atom. The highest BCUT2D eigenvalue weighted by atomic mass is 35.5. The molecule has 1 saturated heterocycles. The van der Waals surface area contributed by atoms with Crippen molar-refractivity contribution in [3.05, 3.63) is 34.9 Å². The van der Waals surface area contributed by atoms with Gasteiger partial charge in [0.25, 0.3) is 5.91 Å². The van der Waals surface area contributed by atoms with Gasteiger partial charge in [0.15, 0.2) is 0 Å². The molecule has 1 amide bonds. The monoisotopic (exact) mass is 515 g/mol. The molecule has 33 heavy (non-hydrogen) atoms. The second-order valence-electron chi connectivity index (χ2n) is 7.75. The highest BCUT2D eigenvalue weighted by Gasteiger charge is 2.38. The Morgan fingerprint density at radius 1 is 1.21 bits per heavy atom. The average Bonchev–Trinajstić information content (AvgIpc) is 2.73. The van der Waals surface area contributed by atoms with Crippen molar-refractivity contribution in [1.82, 2.24) is 14.5 Å². The lowest BCUT2D eigenvalue weighted by Crippen LogP contribution is -2.48. The topological polar surface area (TPSA) is 107 Å². The lowest BCUT2D eigenvalue weighted by Gasteiger charge is -2.29. The van der Waals surface area contributed by atoms with E-state index in [9.17, 15) is 26.4 Å². The number of piperazine rings is 1. The lowest BCUT2D eigenvalue weighted by molar-refractivity contribution is -0.192. The first-order valence-electron chi connectivity index (χ1n) is 10.3. The molecule has 1 fully saturated rings. The first-order valence-corrected chi connectivity index (χ1v) is 12.3. The Bertz CT molecular complexity index is 891. The third-order valence-electron chi connectivity index (χ3n) is 4.67. The zero-order valence-electron chi connectivity index (χ0n) is 18.4. The summed E-state index contributed by atoms with van der Waals surface area (Å²) in [6.45, 7) is 7.17. The Hall–Kier alpha value is -1.89. The number of carbonyl (C=O) groups excluding carboxylic acids is 1. The molecule has 1 aromatic rings. The average molecular weight is 516 g/mol. The Morgan fingerprint density at radius 2 is 1.79 bits per heavy atom. The van der Waals surface area contributed by atoms with Gasteiger partial charge in [-0.1, -0.05) is 31.5 Å². The molecule has 2 N–H and O–H groups in total. The van der Waals surface area contributed by atoms with Gasteiger partial charge in [-0.25, -0.2) is 13.2 Å². The van der Waals surface area contributed by atoms with Crippen LogP contribution in [-0.4, -0.2) is 85.8 Å². The Balaban J connectivity index is 0.000000675. The van der Waals surface area contributed by atoms with E-state index >= 15 is 0 Å². The van der Waals surface area contributed by atoms with Gasteiger partial charge >= 0.3 is 12.1 Å². The van der Waals surface area contributed by atoms with E-state index in [1.165, 1.54) is 4.31 Å². The second-order valence-corrected chi connectivity index (χ2v) is 10.3. The smallest absolute Gasteiger partial charge is 0.475 e. The van der Waals surface area contributed by atoms with E-state index in [0.29, 0.717) is 49.2 Å². The van der Waals surface area contributed by atoms with Crippen LogP contribution in [0.1, 0.15) is 30.6 Å². The van der Waals surface area contributed by atoms with Crippen LogP contribution in [0.4, 0.5) is 13.2 Å². The molecule has 1 aromatic carbocycles. The normalized spacial score (nSPS) is 15.0. The fraction of sp³-hybridized carbons (Fsp3) is 0.600. The number of nitrogens with zero attached hydrogens (tertiary/aromatic N) is 2. The molecular weight excluding hydrogens is 487 g/mol. The Labute approximate surface area is 196 Å². The predicted octanol–water partition coefficient (Wildman–Crippen LogP) is 2.70. The molecule has 188 valence electrons. The number of carboxylic acid groups (broad SMARTS) is 1. The maximum absolute atomic E-state index is 12.9. The summed E-state index contributed by atoms with van der Waals surface area (Å²) in [4.78, 5) is 23.4. The molecule has 0 bridgehead atoms. The van der Waals surface area contributed by atoms with Gasteiger partial charge in [0.1, 0.15) is 0 Å². The highest BCUT2D eigenvalue weighted by Crippen LogP contribution is 2.15. The number of halogens is 4. The molecule has 0 unspecified atom stereocenters. The molecule has 2 rings (SSSR count). The van der Waals surface area contributed by atoms with Crippen LogP contribution in [0.2, 0.25) is 5.02 Å². The maximum atomic E-state index is 12.9. The van der Waals surface area contributed by atoms with Crippen molar-refractivity contribution in [2.75, 3.05) is 45.0 Å². The van der Waals surface area contributed by atoms with Crippen molar-refractivity contribution in [2.24, 2.45) is 5.92 Å². The summed E-state index contributed by atoms with van der Waals surface area (Å²) in [5.74, 6) is -2.57. The van der Waals surface area contributed by atoms with Crippen LogP contribution in [0, 0.1) is 5.92 Å². The van der Waals surface area contributed by atoms with Gasteiger partial charge in [0.2, 0.25) is 10.0 Å². The van der Waals surface area contributed by atoms with E-state index in [2.05, 4.69) is 19.2 Å². The fourth-order valence-electron chi connectivity index (χ4n) is 2.81. The molecule has 1 aliphatic rings. The number of alkyl halides is 3. The molecule has 1 aliphatic heterocycles. The molecule has 0 spiro atoms. The third-order valence-corrected chi connectivity index (χ3v) is 6.75. The molecule has 8 nitrogen and oxygen atoms in total. The van der Waals surface area contributed by atoms with Crippen molar-refractivity contribution in [3.8, 4) is 0 Å². The molecule has 0 radical (unpaired) electrons. The number of sulfonamides is 1. The van der Waals surface area contributed by atoms with E-state index in [4.69, 9.17) is 21.5 Å². The quantitative estimate of drug-likeness (QED) is 0.551. The lowest BCUT2D eigenvalue weighted by atomic mass is 10.1. The zero-order chi connectivity index (χ0) is 25.2. The van der Waals surface area contributed by atoms with Gasteiger partial charge in [-0.15, -0.1) is 0 Å². The number of rotatable bonds is 8. The molecule has 0 saturated carbocycles. The van der Waals surface area contributed by atoms with Gasteiger partial charge in [0, 0.05) is 49.9 Å². The van der Waals surface area contributed by atoms with Crippen LogP contribution in [0.3, 0.4) is 0 Å². The molecule has 1 heterocycles. The van der Waals surface area contributed by atoms with Crippen LogP contribution < -0.4 is 5.32 Å².